The van der Waals surface area contributed by atoms with Gasteiger partial charge in [-0.1, -0.05) is 30.3 Å². The summed E-state index contributed by atoms with van der Waals surface area (Å²) < 4.78 is 32.3. The lowest BCUT2D eigenvalue weighted by Crippen LogP contribution is -2.36. The molecule has 0 aliphatic heterocycles. The molecule has 0 bridgehead atoms. The molecule has 0 spiro atoms. The Morgan fingerprint density at radius 2 is 1.58 bits per heavy atom. The van der Waals surface area contributed by atoms with Crippen LogP contribution in [0.25, 0.3) is 0 Å². The molecule has 0 aliphatic carbocycles. The molecule has 0 N–H and O–H groups in total. The average Bonchev–Trinajstić information content (AvgIpc) is 2.65. The van der Waals surface area contributed by atoms with E-state index in [0.717, 1.165) is 5.56 Å². The van der Waals surface area contributed by atoms with E-state index in [-0.39, 0.29) is 11.4 Å². The van der Waals surface area contributed by atoms with E-state index < -0.39 is 16.0 Å². The molecule has 2 aromatic rings. The Morgan fingerprint density at radius 3 is 2.12 bits per heavy atom. The number of hydrogen-bond acceptors (Lipinski definition) is 5. The van der Waals surface area contributed by atoms with Crippen molar-refractivity contribution in [3.05, 3.63) is 65.7 Å². The van der Waals surface area contributed by atoms with E-state index in [1.165, 1.54) is 35.7 Å². The lowest BCUT2D eigenvalue weighted by atomic mass is 10.2. The fourth-order valence-corrected chi connectivity index (χ4v) is 3.83. The number of carbonyl (C=O) groups excluding carboxylic acids is 1. The fraction of sp³-hybridized carbons (Fsp3) is 0.316. The molecule has 0 heterocycles. The summed E-state index contributed by atoms with van der Waals surface area (Å²) in [5.74, 6) is -0.498. The number of sulfonamides is 1. The number of benzene rings is 2. The number of nitrogens with zero attached hydrogens (tertiary/aromatic N) is 2. The van der Waals surface area contributed by atoms with Crippen molar-refractivity contribution in [3.8, 4) is 0 Å². The first-order valence-electron chi connectivity index (χ1n) is 8.22. The molecule has 0 radical (unpaired) electrons. The first-order valence-corrected chi connectivity index (χ1v) is 9.66. The molecule has 140 valence electrons. The van der Waals surface area contributed by atoms with E-state index in [2.05, 4.69) is 4.74 Å². The quantitative estimate of drug-likeness (QED) is 0.661. The minimum atomic E-state index is -3.69. The molecule has 0 atom stereocenters. The third-order valence-corrected chi connectivity index (χ3v) is 5.77. The number of esters is 1. The molecule has 7 heteroatoms. The lowest BCUT2D eigenvalue weighted by Gasteiger charge is -2.24. The second-order valence-electron chi connectivity index (χ2n) is 6.14. The summed E-state index contributed by atoms with van der Waals surface area (Å²) in [6, 6.07) is 15.3. The molecule has 0 amide bonds. The van der Waals surface area contributed by atoms with E-state index in [0.29, 0.717) is 18.7 Å². The SMILES string of the molecule is COC(=O)c1ccc(S(=O)(=O)N(CCN(C)C)Cc2ccccc2)cc1. The fourth-order valence-electron chi connectivity index (χ4n) is 2.41. The second-order valence-corrected chi connectivity index (χ2v) is 8.08. The van der Waals surface area contributed by atoms with Crippen molar-refractivity contribution in [2.24, 2.45) is 0 Å². The zero-order valence-corrected chi connectivity index (χ0v) is 16.1. The molecule has 0 aliphatic rings. The van der Waals surface area contributed by atoms with Gasteiger partial charge in [0.2, 0.25) is 10.0 Å². The van der Waals surface area contributed by atoms with Gasteiger partial charge >= 0.3 is 5.97 Å². The summed E-state index contributed by atoms with van der Waals surface area (Å²) in [5.41, 5.74) is 1.23. The van der Waals surface area contributed by atoms with E-state index >= 15 is 0 Å². The van der Waals surface area contributed by atoms with Crippen LogP contribution >= 0.6 is 0 Å². The monoisotopic (exact) mass is 376 g/mol. The van der Waals surface area contributed by atoms with Crippen LogP contribution in [0.2, 0.25) is 0 Å². The molecule has 2 aromatic carbocycles. The Labute approximate surface area is 155 Å². The van der Waals surface area contributed by atoms with Gasteiger partial charge in [0.1, 0.15) is 0 Å². The summed E-state index contributed by atoms with van der Waals surface area (Å²) in [5, 5.41) is 0. The van der Waals surface area contributed by atoms with Crippen LogP contribution in [-0.2, 0) is 21.3 Å². The van der Waals surface area contributed by atoms with Crippen LogP contribution in [0.4, 0.5) is 0 Å². The van der Waals surface area contributed by atoms with Gasteiger partial charge in [0.25, 0.3) is 0 Å². The molecular formula is C19H24N2O4S. The molecule has 0 fully saturated rings. The number of methoxy groups -OCH3 is 1. The molecule has 2 rings (SSSR count). The van der Waals surface area contributed by atoms with Gasteiger partial charge in [-0.15, -0.1) is 0 Å². The minimum Gasteiger partial charge on any atom is -0.465 e. The highest BCUT2D eigenvalue weighted by Gasteiger charge is 2.25. The third kappa shape index (κ3) is 5.14. The number of likely N-dealkylation sites (N-methyl/N-ethyl adjacent to an activating group) is 1. The van der Waals surface area contributed by atoms with Crippen molar-refractivity contribution in [2.45, 2.75) is 11.4 Å². The minimum absolute atomic E-state index is 0.153. The van der Waals surface area contributed by atoms with E-state index in [1.54, 1.807) is 0 Å². The highest BCUT2D eigenvalue weighted by Crippen LogP contribution is 2.19. The van der Waals surface area contributed by atoms with E-state index in [9.17, 15) is 13.2 Å². The van der Waals surface area contributed by atoms with Crippen LogP contribution < -0.4 is 0 Å². The zero-order chi connectivity index (χ0) is 19.2. The highest BCUT2D eigenvalue weighted by molar-refractivity contribution is 7.89. The Balaban J connectivity index is 2.30. The zero-order valence-electron chi connectivity index (χ0n) is 15.3. The van der Waals surface area contributed by atoms with Gasteiger partial charge in [0.15, 0.2) is 0 Å². The van der Waals surface area contributed by atoms with Crippen LogP contribution in [0, 0.1) is 0 Å². The van der Waals surface area contributed by atoms with Crippen LogP contribution in [0.5, 0.6) is 0 Å². The first kappa shape index (κ1) is 20.1. The predicted molar refractivity (Wildman–Crippen MR) is 100 cm³/mol. The highest BCUT2D eigenvalue weighted by atomic mass is 32.2. The standard InChI is InChI=1S/C19H24N2O4S/c1-20(2)13-14-21(15-16-7-5-4-6-8-16)26(23,24)18-11-9-17(10-12-18)19(22)25-3/h4-12H,13-15H2,1-3H3. The van der Waals surface area contributed by atoms with Crippen molar-refractivity contribution >= 4 is 16.0 Å². The number of hydrogen-bond donors (Lipinski definition) is 0. The molecule has 0 saturated heterocycles. The summed E-state index contributed by atoms with van der Waals surface area (Å²) in [7, 11) is 1.40. The molecule has 0 unspecified atom stereocenters. The van der Waals surface area contributed by atoms with Crippen LogP contribution in [0.15, 0.2) is 59.5 Å². The van der Waals surface area contributed by atoms with Crippen molar-refractivity contribution in [3.63, 3.8) is 0 Å². The molecule has 26 heavy (non-hydrogen) atoms. The maximum absolute atomic E-state index is 13.1. The Hall–Kier alpha value is -2.22. The van der Waals surface area contributed by atoms with Crippen molar-refractivity contribution in [1.29, 1.82) is 0 Å². The molecular weight excluding hydrogens is 352 g/mol. The van der Waals surface area contributed by atoms with Gasteiger partial charge < -0.3 is 9.64 Å². The molecule has 0 aromatic heterocycles. The maximum Gasteiger partial charge on any atom is 0.337 e. The van der Waals surface area contributed by atoms with E-state index in [4.69, 9.17) is 0 Å². The van der Waals surface area contributed by atoms with Gasteiger partial charge in [0.05, 0.1) is 17.6 Å². The van der Waals surface area contributed by atoms with Crippen molar-refractivity contribution < 1.29 is 17.9 Å². The normalized spacial score (nSPS) is 11.7. The van der Waals surface area contributed by atoms with Gasteiger partial charge in [0, 0.05) is 19.6 Å². The Morgan fingerprint density at radius 1 is 0.962 bits per heavy atom. The first-order chi connectivity index (χ1) is 12.3. The van der Waals surface area contributed by atoms with Crippen LogP contribution in [-0.4, -0.2) is 57.9 Å². The summed E-state index contributed by atoms with van der Waals surface area (Å²) in [6.07, 6.45) is 0. The molecule has 6 nitrogen and oxygen atoms in total. The van der Waals surface area contributed by atoms with Crippen molar-refractivity contribution in [2.75, 3.05) is 34.3 Å². The third-order valence-electron chi connectivity index (χ3n) is 3.91. The Kier molecular flexibility index (Phi) is 6.90. The molecule has 0 saturated carbocycles. The Bertz CT molecular complexity index is 818. The van der Waals surface area contributed by atoms with Gasteiger partial charge in [-0.05, 0) is 43.9 Å². The van der Waals surface area contributed by atoms with Gasteiger partial charge in [-0.2, -0.15) is 4.31 Å². The summed E-state index contributed by atoms with van der Waals surface area (Å²) in [4.78, 5) is 13.6. The topological polar surface area (TPSA) is 66.9 Å². The number of ether oxygens (including phenoxy) is 1. The largest absolute Gasteiger partial charge is 0.465 e. The second kappa shape index (κ2) is 8.93. The maximum atomic E-state index is 13.1. The van der Waals surface area contributed by atoms with Crippen molar-refractivity contribution in [1.82, 2.24) is 9.21 Å². The number of rotatable bonds is 8. The number of carbonyl (C=O) groups is 1. The van der Waals surface area contributed by atoms with Gasteiger partial charge in [-0.25, -0.2) is 13.2 Å². The summed E-state index contributed by atoms with van der Waals surface area (Å²) in [6.45, 7) is 1.26. The smallest absolute Gasteiger partial charge is 0.337 e. The predicted octanol–water partition coefficient (Wildman–Crippen LogP) is 2.23. The van der Waals surface area contributed by atoms with E-state index in [1.807, 2.05) is 49.3 Å². The van der Waals surface area contributed by atoms with Crippen LogP contribution in [0.3, 0.4) is 0 Å². The van der Waals surface area contributed by atoms with Crippen LogP contribution in [0.1, 0.15) is 15.9 Å². The summed E-state index contributed by atoms with van der Waals surface area (Å²) >= 11 is 0. The average molecular weight is 376 g/mol. The lowest BCUT2D eigenvalue weighted by molar-refractivity contribution is 0.0600. The van der Waals surface area contributed by atoms with Gasteiger partial charge in [-0.3, -0.25) is 0 Å².